The van der Waals surface area contributed by atoms with Crippen molar-refractivity contribution in [2.24, 2.45) is 0 Å². The molecule has 0 unspecified atom stereocenters. The zero-order valence-corrected chi connectivity index (χ0v) is 48.7. The fourth-order valence-corrected chi connectivity index (χ4v) is 10.7. The lowest BCUT2D eigenvalue weighted by atomic mass is 10.0. The first-order valence-corrected chi connectivity index (χ1v) is 31.9. The highest BCUT2D eigenvalue weighted by Gasteiger charge is 2.21. The van der Waals surface area contributed by atoms with Crippen molar-refractivity contribution in [2.45, 2.75) is 284 Å². The summed E-state index contributed by atoms with van der Waals surface area (Å²) in [5.74, 6) is 0.247. The molecule has 4 aromatic rings. The van der Waals surface area contributed by atoms with Crippen LogP contribution in [-0.4, -0.2) is 54.6 Å². The Morgan fingerprint density at radius 2 is 0.579 bits per heavy atom. The predicted molar refractivity (Wildman–Crippen MR) is 322 cm³/mol. The third-order valence-electron chi connectivity index (χ3n) is 15.5. The van der Waals surface area contributed by atoms with Crippen molar-refractivity contribution in [3.05, 3.63) is 96.6 Å². The molecule has 0 fully saturated rings. The Morgan fingerprint density at radius 3 is 0.842 bits per heavy atom. The molecule has 0 atom stereocenters. The molecule has 0 aliphatic carbocycles. The van der Waals surface area contributed by atoms with E-state index < -0.39 is 0 Å². The van der Waals surface area contributed by atoms with Gasteiger partial charge >= 0.3 is 0 Å². The van der Waals surface area contributed by atoms with E-state index in [9.17, 15) is 9.59 Å². The number of hydrogen-bond donors (Lipinski definition) is 0. The maximum atomic E-state index is 14.3. The zero-order chi connectivity index (χ0) is 53.6. The van der Waals surface area contributed by atoms with Gasteiger partial charge in [0, 0.05) is 38.3 Å². The molecule has 0 aromatic carbocycles. The molecule has 4 heterocycles. The molecule has 0 aliphatic heterocycles. The number of carbonyl (C=O) groups is 2. The van der Waals surface area contributed by atoms with Crippen LogP contribution in [0.5, 0.6) is 0 Å². The van der Waals surface area contributed by atoms with E-state index in [1.165, 1.54) is 218 Å². The van der Waals surface area contributed by atoms with Gasteiger partial charge in [0.2, 0.25) is 11.8 Å². The van der Waals surface area contributed by atoms with E-state index in [-0.39, 0.29) is 11.8 Å². The SMILES string of the molecule is CCCCCCCCCCCCCCCCCCCCCC(=O)N(CCN(Cc1cccc(-c2ccccn2)n1)C(=O)CCCCCCCCCCCCCCCCCCCCC)Cc1cccc(-c2ccccn2)n1. The second-order valence-electron chi connectivity index (χ2n) is 22.3. The minimum Gasteiger partial charge on any atom is -0.335 e. The maximum Gasteiger partial charge on any atom is 0.222 e. The molecular weight excluding hydrogens is 933 g/mol. The van der Waals surface area contributed by atoms with Gasteiger partial charge in [0.05, 0.1) is 47.3 Å². The van der Waals surface area contributed by atoms with Gasteiger partial charge < -0.3 is 9.80 Å². The molecule has 8 nitrogen and oxygen atoms in total. The molecule has 2 amide bonds. The van der Waals surface area contributed by atoms with Crippen molar-refractivity contribution >= 4 is 11.8 Å². The predicted octanol–water partition coefficient (Wildman–Crippen LogP) is 19.6. The number of rotatable bonds is 49. The summed E-state index contributed by atoms with van der Waals surface area (Å²) in [6, 6.07) is 23.7. The van der Waals surface area contributed by atoms with Crippen molar-refractivity contribution in [1.82, 2.24) is 29.7 Å². The third kappa shape index (κ3) is 31.1. The Bertz CT molecular complexity index is 1850. The number of amides is 2. The third-order valence-corrected chi connectivity index (χ3v) is 15.5. The summed E-state index contributed by atoms with van der Waals surface area (Å²) in [5, 5.41) is 0. The van der Waals surface area contributed by atoms with E-state index in [1.54, 1.807) is 12.4 Å². The van der Waals surface area contributed by atoms with Crippen molar-refractivity contribution in [1.29, 1.82) is 0 Å². The van der Waals surface area contributed by atoms with Crippen molar-refractivity contribution in [2.75, 3.05) is 13.1 Å². The van der Waals surface area contributed by atoms with Gasteiger partial charge in [-0.3, -0.25) is 19.6 Å². The van der Waals surface area contributed by atoms with Crippen LogP contribution in [0.1, 0.15) is 282 Å². The number of aromatic nitrogens is 4. The van der Waals surface area contributed by atoms with Gasteiger partial charge in [0.1, 0.15) is 0 Å². The maximum absolute atomic E-state index is 14.3. The Kier molecular flexibility index (Phi) is 37.5. The highest BCUT2D eigenvalue weighted by Crippen LogP contribution is 2.21. The molecule has 76 heavy (non-hydrogen) atoms. The number of nitrogens with zero attached hydrogens (tertiary/aromatic N) is 6. The summed E-state index contributed by atoms with van der Waals surface area (Å²) in [6.45, 7) is 6.21. The van der Waals surface area contributed by atoms with Crippen LogP contribution in [0.2, 0.25) is 0 Å². The molecule has 0 aliphatic rings. The average molecular weight is 1040 g/mol. The Balaban J connectivity index is 1.23. The first-order chi connectivity index (χ1) is 37.6. The fraction of sp³-hybridized carbons (Fsp3) is 0.676. The molecule has 0 N–H and O–H groups in total. The van der Waals surface area contributed by atoms with Crippen LogP contribution in [0.4, 0.5) is 0 Å². The van der Waals surface area contributed by atoms with Gasteiger partial charge in [-0.2, -0.15) is 0 Å². The van der Waals surface area contributed by atoms with Gasteiger partial charge in [-0.25, -0.2) is 9.97 Å². The van der Waals surface area contributed by atoms with Crippen LogP contribution in [0.15, 0.2) is 85.2 Å². The summed E-state index contributed by atoms with van der Waals surface area (Å²) in [4.78, 5) is 51.4. The summed E-state index contributed by atoms with van der Waals surface area (Å²) in [6.07, 6.45) is 55.0. The van der Waals surface area contributed by atoms with Crippen LogP contribution in [0.3, 0.4) is 0 Å². The Labute approximate surface area is 465 Å². The molecule has 0 bridgehead atoms. The standard InChI is InChI=1S/C68H108N6O2/c1-3-5-7-9-11-13-15-17-19-21-23-25-27-29-31-33-35-37-39-53-67(75)73(59-61-47-45-51-65(71-61)63-49-41-43-55-69-63)57-58-74(60-62-48-46-52-66(72-62)64-50-42-44-56-70-64)68(76)54-40-38-36-34-32-30-28-26-24-22-20-18-16-14-12-10-8-6-4-2/h41-52,55-56H,3-40,53-54,57-60H2,1-2H3. The van der Waals surface area contributed by atoms with E-state index in [4.69, 9.17) is 9.97 Å². The molecule has 0 saturated carbocycles. The monoisotopic (exact) mass is 1040 g/mol. The molecule has 4 rings (SSSR count). The minimum atomic E-state index is 0.124. The highest BCUT2D eigenvalue weighted by atomic mass is 16.2. The van der Waals surface area contributed by atoms with E-state index in [0.717, 1.165) is 59.8 Å². The van der Waals surface area contributed by atoms with Crippen molar-refractivity contribution in [3.8, 4) is 22.8 Å². The van der Waals surface area contributed by atoms with Gasteiger partial charge in [0.25, 0.3) is 0 Å². The summed E-state index contributed by atoms with van der Waals surface area (Å²) in [5.41, 5.74) is 4.84. The first-order valence-electron chi connectivity index (χ1n) is 31.9. The van der Waals surface area contributed by atoms with E-state index in [1.807, 2.05) is 82.6 Å². The fourth-order valence-electron chi connectivity index (χ4n) is 10.7. The lowest BCUT2D eigenvalue weighted by Gasteiger charge is -2.28. The lowest BCUT2D eigenvalue weighted by Crippen LogP contribution is -2.40. The normalized spacial score (nSPS) is 11.3. The number of unbranched alkanes of at least 4 members (excludes halogenated alkanes) is 36. The summed E-state index contributed by atoms with van der Waals surface area (Å²) < 4.78 is 0. The van der Waals surface area contributed by atoms with Crippen LogP contribution < -0.4 is 0 Å². The molecule has 0 saturated heterocycles. The molecule has 0 spiro atoms. The molecule has 422 valence electrons. The van der Waals surface area contributed by atoms with Gasteiger partial charge in [-0.15, -0.1) is 0 Å². The van der Waals surface area contributed by atoms with Crippen LogP contribution >= 0.6 is 0 Å². The molecular formula is C68H108N6O2. The van der Waals surface area contributed by atoms with E-state index >= 15 is 0 Å². The van der Waals surface area contributed by atoms with Gasteiger partial charge in [-0.1, -0.05) is 269 Å². The van der Waals surface area contributed by atoms with Crippen LogP contribution in [-0.2, 0) is 22.7 Å². The minimum absolute atomic E-state index is 0.124. The molecule has 0 radical (unpaired) electrons. The second-order valence-corrected chi connectivity index (χ2v) is 22.3. The zero-order valence-electron chi connectivity index (χ0n) is 48.7. The quantitative estimate of drug-likeness (QED) is 0.0409. The largest absolute Gasteiger partial charge is 0.335 e. The average Bonchev–Trinajstić information content (AvgIpc) is 3.45. The lowest BCUT2D eigenvalue weighted by molar-refractivity contribution is -0.136. The van der Waals surface area contributed by atoms with E-state index in [2.05, 4.69) is 23.8 Å². The van der Waals surface area contributed by atoms with Crippen molar-refractivity contribution < 1.29 is 9.59 Å². The number of hydrogen-bond acceptors (Lipinski definition) is 6. The highest BCUT2D eigenvalue weighted by molar-refractivity contribution is 5.77. The Hall–Kier alpha value is -4.46. The second kappa shape index (κ2) is 44.5. The van der Waals surface area contributed by atoms with Crippen molar-refractivity contribution in [3.63, 3.8) is 0 Å². The topological polar surface area (TPSA) is 92.2 Å². The molecule has 4 aromatic heterocycles. The molecule has 8 heteroatoms. The Morgan fingerprint density at radius 1 is 0.316 bits per heavy atom. The van der Waals surface area contributed by atoms with Crippen LogP contribution in [0.25, 0.3) is 22.8 Å². The summed E-state index contributed by atoms with van der Waals surface area (Å²) >= 11 is 0. The van der Waals surface area contributed by atoms with Gasteiger partial charge in [-0.05, 0) is 61.4 Å². The van der Waals surface area contributed by atoms with Crippen LogP contribution in [0, 0.1) is 0 Å². The number of carbonyl (C=O) groups excluding carboxylic acids is 2. The summed E-state index contributed by atoms with van der Waals surface area (Å²) in [7, 11) is 0. The smallest absolute Gasteiger partial charge is 0.222 e. The van der Waals surface area contributed by atoms with Gasteiger partial charge in [0.15, 0.2) is 0 Å². The van der Waals surface area contributed by atoms with E-state index in [0.29, 0.717) is 39.0 Å². The number of pyridine rings is 4. The first kappa shape index (κ1) is 64.1.